The predicted octanol–water partition coefficient (Wildman–Crippen LogP) is 2.52. The summed E-state index contributed by atoms with van der Waals surface area (Å²) < 4.78 is 5.55. The first-order valence-corrected chi connectivity index (χ1v) is 7.87. The number of nitrogens with zero attached hydrogens (tertiary/aromatic N) is 3. The van der Waals surface area contributed by atoms with Crippen LogP contribution < -0.4 is 10.1 Å². The number of rotatable bonds is 4. The number of ether oxygens (including phenoxy) is 1. The summed E-state index contributed by atoms with van der Waals surface area (Å²) in [5.41, 5.74) is 1.40. The normalized spacial score (nSPS) is 16.5. The number of likely N-dealkylation sites (tertiary alicyclic amines) is 1. The second-order valence-electron chi connectivity index (χ2n) is 5.81. The molecular weight excluding hydrogens is 324 g/mol. The summed E-state index contributed by atoms with van der Waals surface area (Å²) in [6.45, 7) is 2.52. The number of amides is 2. The average molecular weight is 342 g/mol. The highest BCUT2D eigenvalue weighted by atomic mass is 16.5. The van der Waals surface area contributed by atoms with Crippen molar-refractivity contribution in [3.05, 3.63) is 42.2 Å². The summed E-state index contributed by atoms with van der Waals surface area (Å²) in [6.07, 6.45) is 2.10. The predicted molar refractivity (Wildman–Crippen MR) is 89.6 cm³/mol. The highest BCUT2D eigenvalue weighted by molar-refractivity contribution is 5.90. The van der Waals surface area contributed by atoms with Crippen LogP contribution in [0.25, 0.3) is 0 Å². The molecule has 8 heteroatoms. The molecular formula is C17H18N4O4. The Bertz CT molecular complexity index is 778. The molecule has 130 valence electrons. The van der Waals surface area contributed by atoms with Crippen LogP contribution in [-0.4, -0.2) is 45.1 Å². The third-order valence-corrected chi connectivity index (χ3v) is 3.91. The van der Waals surface area contributed by atoms with Crippen molar-refractivity contribution in [2.75, 3.05) is 18.4 Å². The van der Waals surface area contributed by atoms with Crippen molar-refractivity contribution in [2.45, 2.75) is 13.3 Å². The summed E-state index contributed by atoms with van der Waals surface area (Å²) in [5, 5.41) is 11.7. The van der Waals surface area contributed by atoms with Crippen LogP contribution in [-0.2, 0) is 4.79 Å². The minimum absolute atomic E-state index is 0.229. The van der Waals surface area contributed by atoms with E-state index >= 15 is 0 Å². The lowest BCUT2D eigenvalue weighted by Crippen LogP contribution is -2.33. The number of aromatic nitrogens is 2. The zero-order chi connectivity index (χ0) is 17.8. The Hall–Kier alpha value is -3.16. The molecule has 1 aliphatic rings. The van der Waals surface area contributed by atoms with Crippen molar-refractivity contribution in [2.24, 2.45) is 5.92 Å². The number of aryl methyl sites for hydroxylation is 1. The number of benzene rings is 1. The zero-order valence-electron chi connectivity index (χ0n) is 13.7. The fraction of sp³-hybridized carbons (Fsp3) is 0.294. The summed E-state index contributed by atoms with van der Waals surface area (Å²) in [7, 11) is 0. The lowest BCUT2D eigenvalue weighted by atomic mass is 10.1. The average Bonchev–Trinajstić information content (AvgIpc) is 3.07. The van der Waals surface area contributed by atoms with Crippen LogP contribution >= 0.6 is 0 Å². The van der Waals surface area contributed by atoms with Gasteiger partial charge in [-0.1, -0.05) is 0 Å². The molecule has 1 aliphatic heterocycles. The number of nitrogens with one attached hydrogen (secondary N) is 1. The van der Waals surface area contributed by atoms with E-state index in [0.717, 1.165) is 5.69 Å². The van der Waals surface area contributed by atoms with Gasteiger partial charge in [0.1, 0.15) is 5.75 Å². The Morgan fingerprint density at radius 2 is 2.04 bits per heavy atom. The van der Waals surface area contributed by atoms with Gasteiger partial charge in [0.15, 0.2) is 0 Å². The monoisotopic (exact) mass is 342 g/mol. The number of carbonyl (C=O) groups is 2. The maximum absolute atomic E-state index is 12.2. The third-order valence-electron chi connectivity index (χ3n) is 3.91. The maximum Gasteiger partial charge on any atom is 0.322 e. The fourth-order valence-corrected chi connectivity index (χ4v) is 2.54. The van der Waals surface area contributed by atoms with E-state index in [9.17, 15) is 9.59 Å². The largest absolute Gasteiger partial charge is 0.481 e. The van der Waals surface area contributed by atoms with Crippen LogP contribution in [0, 0.1) is 12.8 Å². The SMILES string of the molecule is Cc1ccnc(Oc2ccc(NC(=O)N3CC[C@@H](C(=O)O)C3)cc2)n1. The number of carboxylic acid groups (broad SMARTS) is 1. The first kappa shape index (κ1) is 16.7. The Morgan fingerprint density at radius 3 is 2.68 bits per heavy atom. The Labute approximate surface area is 144 Å². The van der Waals surface area contributed by atoms with Gasteiger partial charge in [0.2, 0.25) is 0 Å². The van der Waals surface area contributed by atoms with Gasteiger partial charge in [-0.2, -0.15) is 0 Å². The number of carboxylic acids is 1. The molecule has 2 heterocycles. The van der Waals surface area contributed by atoms with E-state index in [1.807, 2.05) is 6.92 Å². The van der Waals surface area contributed by atoms with E-state index in [1.165, 1.54) is 4.90 Å². The highest BCUT2D eigenvalue weighted by Gasteiger charge is 2.30. The van der Waals surface area contributed by atoms with Crippen molar-refractivity contribution >= 4 is 17.7 Å². The topological polar surface area (TPSA) is 105 Å². The molecule has 1 atom stereocenters. The van der Waals surface area contributed by atoms with Gasteiger partial charge in [-0.25, -0.2) is 14.8 Å². The molecule has 0 bridgehead atoms. The number of anilines is 1. The summed E-state index contributed by atoms with van der Waals surface area (Å²) in [6, 6.07) is 8.53. The van der Waals surface area contributed by atoms with Crippen LogP contribution in [0.1, 0.15) is 12.1 Å². The number of urea groups is 1. The molecule has 8 nitrogen and oxygen atoms in total. The van der Waals surface area contributed by atoms with E-state index in [0.29, 0.717) is 24.4 Å². The van der Waals surface area contributed by atoms with Crippen molar-refractivity contribution in [1.29, 1.82) is 0 Å². The van der Waals surface area contributed by atoms with Gasteiger partial charge in [-0.15, -0.1) is 0 Å². The second-order valence-corrected chi connectivity index (χ2v) is 5.81. The molecule has 0 saturated carbocycles. The molecule has 1 fully saturated rings. The van der Waals surface area contributed by atoms with E-state index in [-0.39, 0.29) is 18.6 Å². The zero-order valence-corrected chi connectivity index (χ0v) is 13.7. The molecule has 0 radical (unpaired) electrons. The Balaban J connectivity index is 1.57. The summed E-state index contributed by atoms with van der Waals surface area (Å²) in [5.74, 6) is -0.804. The maximum atomic E-state index is 12.2. The summed E-state index contributed by atoms with van der Waals surface area (Å²) in [4.78, 5) is 32.8. The molecule has 1 aromatic carbocycles. The van der Waals surface area contributed by atoms with Crippen LogP contribution in [0.2, 0.25) is 0 Å². The Kier molecular flexibility index (Phi) is 4.78. The van der Waals surface area contributed by atoms with E-state index < -0.39 is 11.9 Å². The van der Waals surface area contributed by atoms with E-state index in [1.54, 1.807) is 36.5 Å². The van der Waals surface area contributed by atoms with Gasteiger partial charge in [0.25, 0.3) is 0 Å². The summed E-state index contributed by atoms with van der Waals surface area (Å²) >= 11 is 0. The first-order valence-electron chi connectivity index (χ1n) is 7.87. The van der Waals surface area contributed by atoms with E-state index in [4.69, 9.17) is 9.84 Å². The standard InChI is InChI=1S/C17H18N4O4/c1-11-6-8-18-16(19-11)25-14-4-2-13(3-5-14)20-17(24)21-9-7-12(10-21)15(22)23/h2-6,8,12H,7,9-10H2,1H3,(H,20,24)(H,22,23)/t12-/m1/s1. The third kappa shape index (κ3) is 4.23. The van der Waals surface area contributed by atoms with Gasteiger partial charge in [0.05, 0.1) is 5.92 Å². The van der Waals surface area contributed by atoms with Crippen LogP contribution in [0.5, 0.6) is 11.8 Å². The molecule has 0 unspecified atom stereocenters. The van der Waals surface area contributed by atoms with Crippen molar-refractivity contribution in [3.8, 4) is 11.8 Å². The number of hydrogen-bond donors (Lipinski definition) is 2. The first-order chi connectivity index (χ1) is 12.0. The van der Waals surface area contributed by atoms with Crippen LogP contribution in [0.3, 0.4) is 0 Å². The molecule has 0 spiro atoms. The molecule has 2 aromatic rings. The van der Waals surface area contributed by atoms with Gasteiger partial charge in [-0.3, -0.25) is 4.79 Å². The lowest BCUT2D eigenvalue weighted by molar-refractivity contribution is -0.141. The Morgan fingerprint density at radius 1 is 1.28 bits per heavy atom. The van der Waals surface area contributed by atoms with E-state index in [2.05, 4.69) is 15.3 Å². The molecule has 2 amide bonds. The lowest BCUT2D eigenvalue weighted by Gasteiger charge is -2.16. The van der Waals surface area contributed by atoms with Crippen molar-refractivity contribution in [1.82, 2.24) is 14.9 Å². The van der Waals surface area contributed by atoms with Crippen LogP contribution in [0.15, 0.2) is 36.5 Å². The minimum Gasteiger partial charge on any atom is -0.481 e. The molecule has 3 rings (SSSR count). The quantitative estimate of drug-likeness (QED) is 0.884. The minimum atomic E-state index is -0.866. The van der Waals surface area contributed by atoms with Crippen molar-refractivity contribution in [3.63, 3.8) is 0 Å². The smallest absolute Gasteiger partial charge is 0.322 e. The van der Waals surface area contributed by atoms with Gasteiger partial charge >= 0.3 is 18.0 Å². The molecule has 2 N–H and O–H groups in total. The van der Waals surface area contributed by atoms with Crippen LogP contribution in [0.4, 0.5) is 10.5 Å². The number of aliphatic carboxylic acids is 1. The molecule has 1 aromatic heterocycles. The van der Waals surface area contributed by atoms with Crippen molar-refractivity contribution < 1.29 is 19.4 Å². The molecule has 25 heavy (non-hydrogen) atoms. The number of carbonyl (C=O) groups excluding carboxylic acids is 1. The number of hydrogen-bond acceptors (Lipinski definition) is 5. The molecule has 0 aliphatic carbocycles. The second kappa shape index (κ2) is 7.16. The molecule has 1 saturated heterocycles. The van der Waals surface area contributed by atoms with Gasteiger partial charge in [0, 0.05) is 30.7 Å². The van der Waals surface area contributed by atoms with Gasteiger partial charge < -0.3 is 20.1 Å². The highest BCUT2D eigenvalue weighted by Crippen LogP contribution is 2.22. The van der Waals surface area contributed by atoms with Gasteiger partial charge in [-0.05, 0) is 43.7 Å². The fourth-order valence-electron chi connectivity index (χ4n) is 2.54.